The third-order valence-corrected chi connectivity index (χ3v) is 4.99. The molecule has 0 bridgehead atoms. The Kier molecular flexibility index (Phi) is 5.16. The van der Waals surface area contributed by atoms with E-state index >= 15 is 0 Å². The van der Waals surface area contributed by atoms with Crippen LogP contribution in [0.5, 0.6) is 11.5 Å². The van der Waals surface area contributed by atoms with Gasteiger partial charge in [0.15, 0.2) is 0 Å². The number of hydrogen-bond acceptors (Lipinski definition) is 4. The molecule has 1 aliphatic heterocycles. The Morgan fingerprint density at radius 1 is 1.16 bits per heavy atom. The normalized spacial score (nSPS) is 20.0. The molecule has 0 aliphatic carbocycles. The number of carbonyl (C=O) groups excluding carboxylic acids is 1. The second kappa shape index (κ2) is 7.33. The predicted molar refractivity (Wildman–Crippen MR) is 94.5 cm³/mol. The van der Waals surface area contributed by atoms with E-state index in [9.17, 15) is 10.0 Å². The van der Waals surface area contributed by atoms with Crippen LogP contribution in [0.25, 0.3) is 0 Å². The summed E-state index contributed by atoms with van der Waals surface area (Å²) >= 11 is 6.25. The molecule has 2 aromatic rings. The lowest BCUT2D eigenvalue weighted by Gasteiger charge is -2.24. The van der Waals surface area contributed by atoms with Gasteiger partial charge >= 0.3 is 0 Å². The van der Waals surface area contributed by atoms with Crippen molar-refractivity contribution in [3.63, 3.8) is 0 Å². The molecule has 6 heteroatoms. The molecule has 1 saturated heterocycles. The van der Waals surface area contributed by atoms with Crippen molar-refractivity contribution in [3.05, 3.63) is 58.6 Å². The zero-order valence-corrected chi connectivity index (χ0v) is 14.9. The second-order valence-electron chi connectivity index (χ2n) is 6.06. The quantitative estimate of drug-likeness (QED) is 0.825. The minimum absolute atomic E-state index is 0.183. The van der Waals surface area contributed by atoms with Crippen molar-refractivity contribution in [1.29, 1.82) is 0 Å². The van der Waals surface area contributed by atoms with Crippen molar-refractivity contribution < 1.29 is 19.5 Å². The standard InChI is InChI=1S/C19H20ClNO4/c1-24-14-7-13(8-15(10-14)25-2)16-11-19(22)21(23)18(16)9-12-5-3-4-6-17(12)20/h3-8,10,16,18,23H,9,11H2,1-2H3/t16-,18-/m1/s1. The molecule has 1 amide bonds. The van der Waals surface area contributed by atoms with Gasteiger partial charge in [0.2, 0.25) is 5.91 Å². The van der Waals surface area contributed by atoms with Crippen LogP contribution < -0.4 is 9.47 Å². The maximum atomic E-state index is 12.1. The first-order valence-electron chi connectivity index (χ1n) is 8.00. The van der Waals surface area contributed by atoms with E-state index < -0.39 is 6.04 Å². The summed E-state index contributed by atoms with van der Waals surface area (Å²) in [6.45, 7) is 0. The van der Waals surface area contributed by atoms with Crippen LogP contribution in [0, 0.1) is 0 Å². The van der Waals surface area contributed by atoms with Crippen LogP contribution >= 0.6 is 11.6 Å². The van der Waals surface area contributed by atoms with E-state index in [1.807, 2.05) is 30.3 Å². The van der Waals surface area contributed by atoms with Gasteiger partial charge in [-0.3, -0.25) is 10.0 Å². The number of hydrogen-bond donors (Lipinski definition) is 1. The van der Waals surface area contributed by atoms with Crippen LogP contribution in [0.4, 0.5) is 0 Å². The monoisotopic (exact) mass is 361 g/mol. The zero-order chi connectivity index (χ0) is 18.0. The Labute approximate surface area is 151 Å². The van der Waals surface area contributed by atoms with E-state index in [1.165, 1.54) is 0 Å². The summed E-state index contributed by atoms with van der Waals surface area (Å²) in [5.74, 6) is 0.811. The highest BCUT2D eigenvalue weighted by Crippen LogP contribution is 2.39. The number of carbonyl (C=O) groups is 1. The Balaban J connectivity index is 1.96. The van der Waals surface area contributed by atoms with E-state index in [0.717, 1.165) is 16.2 Å². The van der Waals surface area contributed by atoms with Crippen molar-refractivity contribution in [2.45, 2.75) is 24.8 Å². The lowest BCUT2D eigenvalue weighted by Crippen LogP contribution is -2.33. The molecule has 1 fully saturated rings. The highest BCUT2D eigenvalue weighted by atomic mass is 35.5. The number of ether oxygens (including phenoxy) is 2. The summed E-state index contributed by atoms with van der Waals surface area (Å²) in [5, 5.41) is 11.7. The molecule has 3 rings (SSSR count). The summed E-state index contributed by atoms with van der Waals surface area (Å²) < 4.78 is 10.6. The molecule has 0 radical (unpaired) electrons. The number of methoxy groups -OCH3 is 2. The molecule has 1 heterocycles. The van der Waals surface area contributed by atoms with Crippen molar-refractivity contribution in [2.24, 2.45) is 0 Å². The minimum atomic E-state index is -0.399. The van der Waals surface area contributed by atoms with Gasteiger partial charge in [0.25, 0.3) is 0 Å². The van der Waals surface area contributed by atoms with Gasteiger partial charge in [-0.1, -0.05) is 29.8 Å². The molecule has 0 saturated carbocycles. The van der Waals surface area contributed by atoms with Gasteiger partial charge in [-0.25, -0.2) is 5.06 Å². The molecule has 1 N–H and O–H groups in total. The van der Waals surface area contributed by atoms with Gasteiger partial charge in [0.1, 0.15) is 11.5 Å². The third kappa shape index (κ3) is 3.57. The molecule has 2 aromatic carbocycles. The smallest absolute Gasteiger partial charge is 0.246 e. The Bertz CT molecular complexity index is 758. The number of benzene rings is 2. The summed E-state index contributed by atoms with van der Waals surface area (Å²) in [5.41, 5.74) is 1.78. The van der Waals surface area contributed by atoms with Crippen LogP contribution in [-0.2, 0) is 11.2 Å². The molecule has 2 atom stereocenters. The van der Waals surface area contributed by atoms with Gasteiger partial charge in [-0.2, -0.15) is 0 Å². The van der Waals surface area contributed by atoms with Crippen molar-refractivity contribution in [2.75, 3.05) is 14.2 Å². The first-order chi connectivity index (χ1) is 12.0. The second-order valence-corrected chi connectivity index (χ2v) is 6.47. The number of amides is 1. The lowest BCUT2D eigenvalue weighted by atomic mass is 9.88. The highest BCUT2D eigenvalue weighted by Gasteiger charge is 2.40. The molecule has 0 aromatic heterocycles. The average molecular weight is 362 g/mol. The maximum absolute atomic E-state index is 12.1. The van der Waals surface area contributed by atoms with Crippen LogP contribution in [-0.4, -0.2) is 36.4 Å². The Hall–Kier alpha value is -2.24. The average Bonchev–Trinajstić information content (AvgIpc) is 2.91. The van der Waals surface area contributed by atoms with Gasteiger partial charge in [-0.05, 0) is 35.7 Å². The number of halogens is 1. The first-order valence-corrected chi connectivity index (χ1v) is 8.38. The first kappa shape index (κ1) is 17.6. The summed E-state index contributed by atoms with van der Waals surface area (Å²) in [4.78, 5) is 12.1. The third-order valence-electron chi connectivity index (χ3n) is 4.62. The van der Waals surface area contributed by atoms with E-state index in [1.54, 1.807) is 26.4 Å². The fourth-order valence-corrected chi connectivity index (χ4v) is 3.49. The molecule has 0 unspecified atom stereocenters. The molecular formula is C19H20ClNO4. The van der Waals surface area contributed by atoms with E-state index in [2.05, 4.69) is 0 Å². The predicted octanol–water partition coefficient (Wildman–Crippen LogP) is 3.67. The van der Waals surface area contributed by atoms with Crippen LogP contribution in [0.15, 0.2) is 42.5 Å². The molecule has 0 spiro atoms. The van der Waals surface area contributed by atoms with Crippen LogP contribution in [0.1, 0.15) is 23.5 Å². The minimum Gasteiger partial charge on any atom is -0.497 e. The molecule has 132 valence electrons. The van der Waals surface area contributed by atoms with E-state index in [0.29, 0.717) is 22.9 Å². The Morgan fingerprint density at radius 2 is 1.80 bits per heavy atom. The number of nitrogens with zero attached hydrogens (tertiary/aromatic N) is 1. The lowest BCUT2D eigenvalue weighted by molar-refractivity contribution is -0.165. The molecular weight excluding hydrogens is 342 g/mol. The van der Waals surface area contributed by atoms with Gasteiger partial charge in [-0.15, -0.1) is 0 Å². The van der Waals surface area contributed by atoms with Gasteiger partial charge in [0.05, 0.1) is 20.3 Å². The van der Waals surface area contributed by atoms with Gasteiger partial charge in [0, 0.05) is 23.4 Å². The van der Waals surface area contributed by atoms with Crippen LogP contribution in [0.3, 0.4) is 0 Å². The SMILES string of the molecule is COc1cc(OC)cc([C@H]2CC(=O)N(O)[C@@H]2Cc2ccccc2Cl)c1. The number of hydroxylamine groups is 2. The molecule has 5 nitrogen and oxygen atoms in total. The summed E-state index contributed by atoms with van der Waals surface area (Å²) in [6, 6.07) is 12.6. The number of rotatable bonds is 5. The fourth-order valence-electron chi connectivity index (χ4n) is 3.27. The van der Waals surface area contributed by atoms with Crippen molar-refractivity contribution >= 4 is 17.5 Å². The van der Waals surface area contributed by atoms with E-state index in [-0.39, 0.29) is 18.2 Å². The summed E-state index contributed by atoms with van der Waals surface area (Å²) in [7, 11) is 3.16. The highest BCUT2D eigenvalue weighted by molar-refractivity contribution is 6.31. The van der Waals surface area contributed by atoms with Crippen LogP contribution in [0.2, 0.25) is 5.02 Å². The molecule has 1 aliphatic rings. The fraction of sp³-hybridized carbons (Fsp3) is 0.316. The van der Waals surface area contributed by atoms with Crippen molar-refractivity contribution in [3.8, 4) is 11.5 Å². The van der Waals surface area contributed by atoms with Crippen molar-refractivity contribution in [1.82, 2.24) is 5.06 Å². The van der Waals surface area contributed by atoms with E-state index in [4.69, 9.17) is 21.1 Å². The maximum Gasteiger partial charge on any atom is 0.246 e. The zero-order valence-electron chi connectivity index (χ0n) is 14.1. The molecule has 25 heavy (non-hydrogen) atoms. The summed E-state index contributed by atoms with van der Waals surface area (Å²) in [6.07, 6.45) is 0.689. The largest absolute Gasteiger partial charge is 0.497 e. The Morgan fingerprint density at radius 3 is 2.40 bits per heavy atom. The topological polar surface area (TPSA) is 59.0 Å². The van der Waals surface area contributed by atoms with Gasteiger partial charge < -0.3 is 9.47 Å².